The molecule has 0 unspecified atom stereocenters. The van der Waals surface area contributed by atoms with Crippen LogP contribution in [-0.4, -0.2) is 25.8 Å². The van der Waals surface area contributed by atoms with Crippen molar-refractivity contribution < 1.29 is 14.3 Å². The van der Waals surface area contributed by atoms with Crippen LogP contribution in [0.2, 0.25) is 18.1 Å². The number of carbonyl (C=O) groups excluding carboxylic acids is 1. The second-order valence-electron chi connectivity index (χ2n) is 6.72. The van der Waals surface area contributed by atoms with Gasteiger partial charge in [0.2, 0.25) is 0 Å². The number of carbonyl (C=O) groups is 1. The number of hydrogen-bond donors (Lipinski definition) is 1. The van der Waals surface area contributed by atoms with Crippen LogP contribution in [0, 0.1) is 0 Å². The molecule has 3 nitrogen and oxygen atoms in total. The van der Waals surface area contributed by atoms with Gasteiger partial charge in [0.25, 0.3) is 8.32 Å². The zero-order chi connectivity index (χ0) is 15.6. The molecule has 20 heavy (non-hydrogen) atoms. The number of Topliss-reactive ketones (excluding diaryl/α,β-unsaturated/α-hetero) is 1. The Balaban J connectivity index is 3.15. The monoisotopic (exact) mass is 294 g/mol. The van der Waals surface area contributed by atoms with Gasteiger partial charge < -0.3 is 9.53 Å². The predicted octanol–water partition coefficient (Wildman–Crippen LogP) is 3.81. The van der Waals surface area contributed by atoms with Crippen molar-refractivity contribution in [2.75, 3.05) is 6.61 Å². The minimum atomic E-state index is -1.96. The highest BCUT2D eigenvalue weighted by Crippen LogP contribution is 2.38. The minimum Gasteiger partial charge on any atom is -0.543 e. The Kier molecular flexibility index (Phi) is 5.16. The van der Waals surface area contributed by atoms with E-state index >= 15 is 0 Å². The van der Waals surface area contributed by atoms with Crippen molar-refractivity contribution in [3.8, 4) is 5.75 Å². The van der Waals surface area contributed by atoms with E-state index in [9.17, 15) is 4.79 Å². The molecule has 112 valence electrons. The molecule has 0 saturated heterocycles. The summed E-state index contributed by atoms with van der Waals surface area (Å²) in [5, 5.41) is 9.09. The zero-order valence-corrected chi connectivity index (χ0v) is 14.4. The molecular weight excluding hydrogens is 268 g/mol. The van der Waals surface area contributed by atoms with Gasteiger partial charge in [-0.15, -0.1) is 0 Å². The fourth-order valence-electron chi connectivity index (χ4n) is 1.65. The van der Waals surface area contributed by atoms with Gasteiger partial charge in [-0.05, 0) is 49.2 Å². The first-order valence-electron chi connectivity index (χ1n) is 7.02. The fourth-order valence-corrected chi connectivity index (χ4v) is 2.69. The third-order valence-corrected chi connectivity index (χ3v) is 8.34. The molecule has 0 bridgehead atoms. The van der Waals surface area contributed by atoms with E-state index < -0.39 is 8.32 Å². The summed E-state index contributed by atoms with van der Waals surface area (Å²) in [4.78, 5) is 11.8. The summed E-state index contributed by atoms with van der Waals surface area (Å²) in [6.45, 7) is 12.5. The second kappa shape index (κ2) is 6.10. The molecule has 0 heterocycles. The van der Waals surface area contributed by atoms with Crippen LogP contribution in [-0.2, 0) is 6.42 Å². The average molecular weight is 294 g/mol. The molecule has 0 aromatic heterocycles. The van der Waals surface area contributed by atoms with Crippen molar-refractivity contribution in [3.05, 3.63) is 29.3 Å². The Morgan fingerprint density at radius 3 is 2.35 bits per heavy atom. The van der Waals surface area contributed by atoms with Crippen molar-refractivity contribution in [1.29, 1.82) is 0 Å². The van der Waals surface area contributed by atoms with Gasteiger partial charge in [-0.25, -0.2) is 0 Å². The van der Waals surface area contributed by atoms with Crippen LogP contribution in [0.3, 0.4) is 0 Å². The summed E-state index contributed by atoms with van der Waals surface area (Å²) < 4.78 is 6.25. The highest BCUT2D eigenvalue weighted by atomic mass is 28.4. The van der Waals surface area contributed by atoms with Gasteiger partial charge in [0.05, 0.1) is 5.56 Å². The summed E-state index contributed by atoms with van der Waals surface area (Å²) in [5.41, 5.74) is 1.57. The molecule has 1 aromatic carbocycles. The Labute approximate surface area is 123 Å². The van der Waals surface area contributed by atoms with E-state index in [-0.39, 0.29) is 17.4 Å². The van der Waals surface area contributed by atoms with Gasteiger partial charge in [0, 0.05) is 6.61 Å². The van der Waals surface area contributed by atoms with Crippen LogP contribution in [0.4, 0.5) is 0 Å². The Morgan fingerprint density at radius 1 is 1.30 bits per heavy atom. The van der Waals surface area contributed by atoms with Crippen molar-refractivity contribution in [3.63, 3.8) is 0 Å². The molecular formula is C16H26O3Si. The normalized spacial score (nSPS) is 12.3. The third kappa shape index (κ3) is 3.93. The smallest absolute Gasteiger partial charge is 0.250 e. The Bertz CT molecular complexity index is 487. The number of aliphatic hydroxyl groups is 1. The van der Waals surface area contributed by atoms with Gasteiger partial charge in [0.15, 0.2) is 5.78 Å². The lowest BCUT2D eigenvalue weighted by Gasteiger charge is -2.37. The first kappa shape index (κ1) is 16.9. The molecule has 4 heteroatoms. The van der Waals surface area contributed by atoms with Crippen LogP contribution in [0.1, 0.15) is 43.6 Å². The average Bonchev–Trinajstić information content (AvgIpc) is 2.29. The molecule has 0 amide bonds. The van der Waals surface area contributed by atoms with Gasteiger partial charge in [-0.3, -0.25) is 4.79 Å². The molecule has 0 spiro atoms. The van der Waals surface area contributed by atoms with Crippen LogP contribution in [0.25, 0.3) is 0 Å². The van der Waals surface area contributed by atoms with E-state index in [1.807, 2.05) is 18.2 Å². The minimum absolute atomic E-state index is 0.00139. The van der Waals surface area contributed by atoms with E-state index in [2.05, 4.69) is 33.9 Å². The van der Waals surface area contributed by atoms with E-state index in [0.717, 1.165) is 5.56 Å². The van der Waals surface area contributed by atoms with Crippen molar-refractivity contribution in [2.24, 2.45) is 0 Å². The second-order valence-corrected chi connectivity index (χ2v) is 11.4. The number of hydrogen-bond acceptors (Lipinski definition) is 3. The highest BCUT2D eigenvalue weighted by Gasteiger charge is 2.39. The van der Waals surface area contributed by atoms with Crippen molar-refractivity contribution in [1.82, 2.24) is 0 Å². The first-order valence-corrected chi connectivity index (χ1v) is 9.93. The van der Waals surface area contributed by atoms with Crippen molar-refractivity contribution >= 4 is 14.1 Å². The van der Waals surface area contributed by atoms with E-state index in [0.29, 0.717) is 17.7 Å². The van der Waals surface area contributed by atoms with Gasteiger partial charge >= 0.3 is 0 Å². The van der Waals surface area contributed by atoms with E-state index in [1.54, 1.807) is 6.92 Å². The van der Waals surface area contributed by atoms with E-state index in [1.165, 1.54) is 0 Å². The maximum atomic E-state index is 11.8. The van der Waals surface area contributed by atoms with Crippen LogP contribution in [0.5, 0.6) is 5.75 Å². The van der Waals surface area contributed by atoms with Gasteiger partial charge in [-0.1, -0.05) is 26.8 Å². The largest absolute Gasteiger partial charge is 0.543 e. The summed E-state index contributed by atoms with van der Waals surface area (Å²) in [7, 11) is -1.96. The molecule has 0 radical (unpaired) electrons. The summed E-state index contributed by atoms with van der Waals surface area (Å²) >= 11 is 0. The molecule has 1 rings (SSSR count). The lowest BCUT2D eigenvalue weighted by Crippen LogP contribution is -2.44. The Morgan fingerprint density at radius 2 is 1.90 bits per heavy atom. The third-order valence-electron chi connectivity index (χ3n) is 4.00. The Hall–Kier alpha value is -1.13. The lowest BCUT2D eigenvalue weighted by atomic mass is 10.1. The molecule has 1 aromatic rings. The molecule has 0 fully saturated rings. The SMILES string of the molecule is CC(=O)c1cc(CCO)ccc1O[Si](C)(C)C(C)(C)C. The molecule has 0 aliphatic rings. The molecule has 0 saturated carbocycles. The maximum absolute atomic E-state index is 11.8. The standard InChI is InChI=1S/C16H26O3Si/c1-12(18)14-11-13(9-10-17)7-8-15(14)19-20(5,6)16(2,3)4/h7-8,11,17H,9-10H2,1-6H3. The van der Waals surface area contributed by atoms with Gasteiger partial charge in [0.1, 0.15) is 5.75 Å². The fraction of sp³-hybridized carbons (Fsp3) is 0.562. The van der Waals surface area contributed by atoms with Crippen molar-refractivity contribution in [2.45, 2.75) is 52.2 Å². The summed E-state index contributed by atoms with van der Waals surface area (Å²) in [5.74, 6) is 0.671. The number of aliphatic hydroxyl groups excluding tert-OH is 1. The zero-order valence-electron chi connectivity index (χ0n) is 13.4. The molecule has 0 aliphatic heterocycles. The maximum Gasteiger partial charge on any atom is 0.250 e. The number of ketones is 1. The molecule has 1 N–H and O–H groups in total. The topological polar surface area (TPSA) is 46.5 Å². The van der Waals surface area contributed by atoms with Crippen LogP contribution < -0.4 is 4.43 Å². The van der Waals surface area contributed by atoms with Crippen LogP contribution in [0.15, 0.2) is 18.2 Å². The van der Waals surface area contributed by atoms with Gasteiger partial charge in [-0.2, -0.15) is 0 Å². The molecule has 0 aliphatic carbocycles. The number of benzene rings is 1. The number of rotatable bonds is 5. The lowest BCUT2D eigenvalue weighted by molar-refractivity contribution is 0.101. The van der Waals surface area contributed by atoms with Crippen LogP contribution >= 0.6 is 0 Å². The summed E-state index contributed by atoms with van der Waals surface area (Å²) in [6.07, 6.45) is 0.556. The predicted molar refractivity (Wildman–Crippen MR) is 85.1 cm³/mol. The first-order chi connectivity index (χ1) is 9.08. The molecule has 0 atom stereocenters. The van der Waals surface area contributed by atoms with E-state index in [4.69, 9.17) is 9.53 Å². The quantitative estimate of drug-likeness (QED) is 0.663. The summed E-state index contributed by atoms with van der Waals surface area (Å²) in [6, 6.07) is 5.62. The highest BCUT2D eigenvalue weighted by molar-refractivity contribution is 6.74.